The third-order valence-corrected chi connectivity index (χ3v) is 2.69. The number of anilines is 1. The fourth-order valence-electron chi connectivity index (χ4n) is 0.836. The van der Waals surface area contributed by atoms with Crippen molar-refractivity contribution < 1.29 is 4.39 Å². The van der Waals surface area contributed by atoms with Gasteiger partial charge in [0, 0.05) is 0 Å². The van der Waals surface area contributed by atoms with E-state index in [1.807, 2.05) is 0 Å². The number of halogens is 3. The maximum absolute atomic E-state index is 12.8. The molecule has 2 rings (SSSR count). The fraction of sp³-hybridized carbons (Fsp3) is 0. The highest BCUT2D eigenvalue weighted by molar-refractivity contribution is 9.10. The Morgan fingerprint density at radius 3 is 2.85 bits per heavy atom. The van der Waals surface area contributed by atoms with Crippen LogP contribution in [0.1, 0.15) is 0 Å². The third kappa shape index (κ3) is 1.90. The van der Waals surface area contributed by atoms with E-state index in [1.54, 1.807) is 6.07 Å². The summed E-state index contributed by atoms with van der Waals surface area (Å²) < 4.78 is 13.9. The Morgan fingerprint density at radius 1 is 1.46 bits per heavy atom. The molecule has 0 fully saturated rings. The molecular formula is C6H4BrClFN3S. The summed E-state index contributed by atoms with van der Waals surface area (Å²) in [6.07, 6.45) is 0. The van der Waals surface area contributed by atoms with Crippen LogP contribution in [-0.4, -0.2) is 9.97 Å². The van der Waals surface area contributed by atoms with E-state index in [0.29, 0.717) is 15.3 Å². The van der Waals surface area contributed by atoms with Crippen molar-refractivity contribution in [1.82, 2.24) is 9.97 Å². The van der Waals surface area contributed by atoms with E-state index in [0.717, 1.165) is 4.70 Å². The number of fused-ring (bicyclic) bond motifs is 1. The summed E-state index contributed by atoms with van der Waals surface area (Å²) in [7, 11) is 0. The van der Waals surface area contributed by atoms with E-state index in [-0.39, 0.29) is 12.4 Å². The van der Waals surface area contributed by atoms with Gasteiger partial charge >= 0.3 is 0 Å². The Morgan fingerprint density at radius 2 is 2.15 bits per heavy atom. The molecule has 0 aromatic carbocycles. The lowest BCUT2D eigenvalue weighted by Crippen LogP contribution is -1.85. The number of pyridine rings is 1. The topological polar surface area (TPSA) is 51.8 Å². The zero-order valence-corrected chi connectivity index (χ0v) is 9.34. The van der Waals surface area contributed by atoms with Gasteiger partial charge in [-0.3, -0.25) is 0 Å². The molecule has 0 saturated carbocycles. The molecule has 0 unspecified atom stereocenters. The average Bonchev–Trinajstić information content (AvgIpc) is 2.30. The van der Waals surface area contributed by atoms with Crippen molar-refractivity contribution in [3.63, 3.8) is 0 Å². The minimum Gasteiger partial charge on any atom is -0.375 e. The summed E-state index contributed by atoms with van der Waals surface area (Å²) in [5, 5.41) is 0.398. The van der Waals surface area contributed by atoms with Crippen molar-refractivity contribution in [1.29, 1.82) is 0 Å². The van der Waals surface area contributed by atoms with E-state index in [4.69, 9.17) is 5.73 Å². The predicted octanol–water partition coefficient (Wildman–Crippen LogP) is 2.60. The molecule has 13 heavy (non-hydrogen) atoms. The highest BCUT2D eigenvalue weighted by Crippen LogP contribution is 2.26. The Kier molecular flexibility index (Phi) is 3.05. The minimum absolute atomic E-state index is 0. The lowest BCUT2D eigenvalue weighted by Gasteiger charge is -1.90. The largest absolute Gasteiger partial charge is 0.375 e. The standard InChI is InChI=1S/C6H3BrFN3S.ClH/c7-2-1-3-5(10-4(2)8)11-6(9)12-3;/h1H,(H2,9,10,11);1H. The predicted molar refractivity (Wildman–Crippen MR) is 56.7 cm³/mol. The highest BCUT2D eigenvalue weighted by Gasteiger charge is 2.07. The van der Waals surface area contributed by atoms with Crippen LogP contribution < -0.4 is 5.73 Å². The van der Waals surface area contributed by atoms with Crippen LogP contribution in [-0.2, 0) is 0 Å². The Balaban J connectivity index is 0.000000845. The lowest BCUT2D eigenvalue weighted by atomic mass is 10.5. The Bertz CT molecular complexity index is 408. The summed E-state index contributed by atoms with van der Waals surface area (Å²) in [4.78, 5) is 7.44. The van der Waals surface area contributed by atoms with Gasteiger partial charge in [0.05, 0.1) is 9.17 Å². The lowest BCUT2D eigenvalue weighted by molar-refractivity contribution is 0.581. The van der Waals surface area contributed by atoms with Gasteiger partial charge in [-0.1, -0.05) is 11.3 Å². The first-order valence-electron chi connectivity index (χ1n) is 3.05. The van der Waals surface area contributed by atoms with Crippen LogP contribution in [0.25, 0.3) is 10.3 Å². The second-order valence-corrected chi connectivity index (χ2v) is 4.05. The molecule has 2 aromatic rings. The van der Waals surface area contributed by atoms with Gasteiger partial charge in [-0.2, -0.15) is 9.37 Å². The van der Waals surface area contributed by atoms with E-state index in [9.17, 15) is 4.39 Å². The second kappa shape index (κ2) is 3.73. The van der Waals surface area contributed by atoms with Crippen molar-refractivity contribution >= 4 is 55.2 Å². The normalized spacial score (nSPS) is 10.0. The molecule has 0 amide bonds. The van der Waals surface area contributed by atoms with Gasteiger partial charge in [0.25, 0.3) is 0 Å². The van der Waals surface area contributed by atoms with Crippen molar-refractivity contribution in [3.8, 4) is 0 Å². The van der Waals surface area contributed by atoms with Gasteiger partial charge in [-0.15, -0.1) is 12.4 Å². The van der Waals surface area contributed by atoms with Gasteiger partial charge in [0.1, 0.15) is 0 Å². The molecule has 2 heterocycles. The fourth-order valence-corrected chi connectivity index (χ4v) is 2.02. The smallest absolute Gasteiger partial charge is 0.229 e. The van der Waals surface area contributed by atoms with E-state index in [2.05, 4.69) is 25.9 Å². The van der Waals surface area contributed by atoms with E-state index in [1.165, 1.54) is 11.3 Å². The summed E-state index contributed by atoms with van der Waals surface area (Å²) in [5.74, 6) is -0.562. The molecule has 0 spiro atoms. The first-order chi connectivity index (χ1) is 5.66. The average molecular weight is 285 g/mol. The zero-order chi connectivity index (χ0) is 8.72. The molecule has 0 saturated heterocycles. The van der Waals surface area contributed by atoms with Gasteiger partial charge in [0.15, 0.2) is 10.8 Å². The zero-order valence-electron chi connectivity index (χ0n) is 6.12. The summed E-state index contributed by atoms with van der Waals surface area (Å²) >= 11 is 4.31. The maximum Gasteiger partial charge on any atom is 0.229 e. The van der Waals surface area contributed by atoms with E-state index < -0.39 is 5.95 Å². The molecule has 70 valence electrons. The van der Waals surface area contributed by atoms with Crippen molar-refractivity contribution in [3.05, 3.63) is 16.5 Å². The molecule has 0 aliphatic carbocycles. The molecule has 0 atom stereocenters. The second-order valence-electron chi connectivity index (χ2n) is 2.13. The summed E-state index contributed by atoms with van der Waals surface area (Å²) in [5.41, 5.74) is 5.78. The van der Waals surface area contributed by atoms with Gasteiger partial charge in [-0.05, 0) is 22.0 Å². The molecule has 2 N–H and O–H groups in total. The third-order valence-electron chi connectivity index (χ3n) is 1.31. The highest BCUT2D eigenvalue weighted by atomic mass is 79.9. The number of hydrogen-bond acceptors (Lipinski definition) is 4. The molecule has 7 heteroatoms. The van der Waals surface area contributed by atoms with Gasteiger partial charge in [-0.25, -0.2) is 4.98 Å². The van der Waals surface area contributed by atoms with Crippen LogP contribution in [0.15, 0.2) is 10.5 Å². The van der Waals surface area contributed by atoms with Crippen LogP contribution in [0.5, 0.6) is 0 Å². The van der Waals surface area contributed by atoms with Crippen molar-refractivity contribution in [2.75, 3.05) is 5.73 Å². The number of thiazole rings is 1. The molecule has 0 bridgehead atoms. The van der Waals surface area contributed by atoms with Crippen molar-refractivity contribution in [2.45, 2.75) is 0 Å². The molecule has 3 nitrogen and oxygen atoms in total. The maximum atomic E-state index is 12.8. The number of nitrogen functional groups attached to an aromatic ring is 1. The van der Waals surface area contributed by atoms with Gasteiger partial charge in [0.2, 0.25) is 5.95 Å². The minimum atomic E-state index is -0.562. The Labute approximate surface area is 91.7 Å². The van der Waals surface area contributed by atoms with Crippen LogP contribution in [0.3, 0.4) is 0 Å². The molecule has 0 radical (unpaired) electrons. The van der Waals surface area contributed by atoms with Crippen molar-refractivity contribution in [2.24, 2.45) is 0 Å². The van der Waals surface area contributed by atoms with Crippen LogP contribution in [0.2, 0.25) is 0 Å². The first-order valence-corrected chi connectivity index (χ1v) is 4.66. The summed E-state index contributed by atoms with van der Waals surface area (Å²) in [6, 6.07) is 1.62. The molecule has 0 aliphatic heterocycles. The molecular weight excluding hydrogens is 281 g/mol. The van der Waals surface area contributed by atoms with Crippen LogP contribution >= 0.6 is 39.7 Å². The number of nitrogens with zero attached hydrogens (tertiary/aromatic N) is 2. The SMILES string of the molecule is Cl.Nc1nc2nc(F)c(Br)cc2s1. The number of hydrogen-bond donors (Lipinski definition) is 1. The number of aromatic nitrogens is 2. The quantitative estimate of drug-likeness (QED) is 0.757. The number of rotatable bonds is 0. The van der Waals surface area contributed by atoms with Gasteiger partial charge < -0.3 is 5.73 Å². The Hall–Kier alpha value is -0.460. The monoisotopic (exact) mass is 283 g/mol. The molecule has 0 aliphatic rings. The van der Waals surface area contributed by atoms with Crippen LogP contribution in [0, 0.1) is 5.95 Å². The first kappa shape index (κ1) is 10.6. The summed E-state index contributed by atoms with van der Waals surface area (Å²) in [6.45, 7) is 0. The number of nitrogens with two attached hydrogens (primary N) is 1. The van der Waals surface area contributed by atoms with Crippen LogP contribution in [0.4, 0.5) is 9.52 Å². The molecule has 2 aromatic heterocycles. The van der Waals surface area contributed by atoms with E-state index >= 15 is 0 Å².